The van der Waals surface area contributed by atoms with E-state index in [0.717, 1.165) is 17.2 Å². The zero-order chi connectivity index (χ0) is 24.1. The number of nitrogens with zero attached hydrogens (tertiary/aromatic N) is 4. The van der Waals surface area contributed by atoms with E-state index >= 15 is 0 Å². The van der Waals surface area contributed by atoms with Crippen molar-refractivity contribution < 1.29 is 61.2 Å². The van der Waals surface area contributed by atoms with E-state index in [1.807, 2.05) is 0 Å². The second kappa shape index (κ2) is 8.61. The topological polar surface area (TPSA) is 270 Å². The summed E-state index contributed by atoms with van der Waals surface area (Å²) in [6.45, 7) is 0. The first-order valence-electron chi connectivity index (χ1n) is 8.07. The molecule has 8 N–H and O–H groups in total. The number of aliphatic hydroxyl groups excluding tert-OH is 2. The lowest BCUT2D eigenvalue weighted by atomic mass is 10.1. The molecule has 0 aliphatic carbocycles. The van der Waals surface area contributed by atoms with Crippen LogP contribution in [0, 0.1) is 0 Å². The van der Waals surface area contributed by atoms with E-state index in [2.05, 4.69) is 23.6 Å². The van der Waals surface area contributed by atoms with Gasteiger partial charge in [0.1, 0.15) is 30.2 Å². The van der Waals surface area contributed by atoms with Crippen LogP contribution in [0.5, 0.6) is 0 Å². The molecule has 3 rings (SSSR count). The summed E-state index contributed by atoms with van der Waals surface area (Å²) < 4.78 is 61.5. The zero-order valence-electron chi connectivity index (χ0n) is 15.3. The van der Waals surface area contributed by atoms with E-state index in [1.165, 1.54) is 0 Å². The van der Waals surface area contributed by atoms with Gasteiger partial charge in [-0.15, -0.1) is 0 Å². The van der Waals surface area contributed by atoms with Gasteiger partial charge in [-0.2, -0.15) is 8.70 Å². The van der Waals surface area contributed by atoms with Crippen molar-refractivity contribution in [2.45, 2.75) is 24.5 Å². The fraction of sp³-hybridized carbons (Fsp3) is 0.364. The quantitative estimate of drug-likeness (QED) is 0.221. The van der Waals surface area contributed by atoms with Crippen LogP contribution in [0.1, 0.15) is 6.23 Å². The number of hydrogen-bond donors (Lipinski definition) is 7. The van der Waals surface area contributed by atoms with Gasteiger partial charge in [-0.25, -0.2) is 28.4 Å². The lowest BCUT2D eigenvalue weighted by molar-refractivity contribution is -0.0246. The first-order chi connectivity index (χ1) is 14.6. The van der Waals surface area contributed by atoms with Crippen LogP contribution in [-0.2, 0) is 27.1 Å². The number of halogens is 1. The molecule has 0 bridgehead atoms. The predicted molar refractivity (Wildman–Crippen MR) is 98.7 cm³/mol. The molecule has 21 heteroatoms. The van der Waals surface area contributed by atoms with Gasteiger partial charge in [-0.1, -0.05) is 0 Å². The molecule has 1 fully saturated rings. The fourth-order valence-corrected chi connectivity index (χ4v) is 5.90. The minimum atomic E-state index is -5.89. The molecule has 0 radical (unpaired) electrons. The van der Waals surface area contributed by atoms with Gasteiger partial charge >= 0.3 is 23.2 Å². The molecule has 0 aromatic carbocycles. The number of fused-ring (bicyclic) bond motifs is 1. The van der Waals surface area contributed by atoms with Crippen molar-refractivity contribution in [1.82, 2.24) is 19.5 Å². The Morgan fingerprint density at radius 2 is 1.78 bits per heavy atom. The number of anilines is 1. The number of aromatic nitrogens is 4. The van der Waals surface area contributed by atoms with Crippen LogP contribution in [0.25, 0.3) is 11.2 Å². The van der Waals surface area contributed by atoms with E-state index in [0.29, 0.717) is 0 Å². The summed E-state index contributed by atoms with van der Waals surface area (Å²) in [5.41, 5.74) is 3.69. The average molecular weight is 521 g/mol. The van der Waals surface area contributed by atoms with Crippen LogP contribution >= 0.6 is 23.2 Å². The summed E-state index contributed by atoms with van der Waals surface area (Å²) in [6, 6.07) is 0. The van der Waals surface area contributed by atoms with Gasteiger partial charge < -0.3 is 40.3 Å². The Morgan fingerprint density at radius 1 is 1.12 bits per heavy atom. The molecule has 17 nitrogen and oxygen atoms in total. The maximum atomic E-state index is 14.3. The molecule has 0 spiro atoms. The predicted octanol–water partition coefficient (Wildman–Crippen LogP) is -0.750. The highest BCUT2D eigenvalue weighted by molar-refractivity contribution is 7.69. The van der Waals surface area contributed by atoms with Crippen LogP contribution < -0.4 is 5.73 Å². The summed E-state index contributed by atoms with van der Waals surface area (Å²) in [4.78, 5) is 47.2. The van der Waals surface area contributed by atoms with Crippen LogP contribution in [0.4, 0.5) is 10.2 Å². The summed E-state index contributed by atoms with van der Waals surface area (Å²) in [6.07, 6.45) is -4.48. The third-order valence-electron chi connectivity index (χ3n) is 3.93. The SMILES string of the molecule is Nc1ncnc2c1ncn2[C@@H]1O[C@H](C=C(F)P(=O)(O)OP(=O)(O)OP(=O)(O)O)[C@@H](O)[C@H]1O. The monoisotopic (exact) mass is 521 g/mol. The number of phosphoric acid groups is 2. The molecule has 32 heavy (non-hydrogen) atoms. The average Bonchev–Trinajstić information content (AvgIpc) is 3.16. The van der Waals surface area contributed by atoms with Gasteiger partial charge in [-0.3, -0.25) is 9.13 Å². The Morgan fingerprint density at radius 3 is 2.41 bits per heavy atom. The molecule has 0 saturated carbocycles. The summed E-state index contributed by atoms with van der Waals surface area (Å²) in [5, 5.41) is 20.4. The molecule has 1 aliphatic rings. The third-order valence-corrected chi connectivity index (χ3v) is 8.01. The number of aliphatic hydroxyl groups is 2. The number of nitrogen functional groups attached to an aromatic ring is 1. The molecule has 2 unspecified atom stereocenters. The third kappa shape index (κ3) is 5.28. The van der Waals surface area contributed by atoms with Crippen molar-refractivity contribution in [1.29, 1.82) is 0 Å². The summed E-state index contributed by atoms with van der Waals surface area (Å²) in [7, 11) is -17.4. The van der Waals surface area contributed by atoms with Gasteiger partial charge in [-0.05, 0) is 6.08 Å². The van der Waals surface area contributed by atoms with Gasteiger partial charge in [0.15, 0.2) is 17.7 Å². The normalized spacial score (nSPS) is 28.5. The lowest BCUT2D eigenvalue weighted by Crippen LogP contribution is -2.30. The molecule has 1 saturated heterocycles. The number of rotatable bonds is 7. The van der Waals surface area contributed by atoms with Crippen LogP contribution in [0.3, 0.4) is 0 Å². The highest BCUT2D eigenvalue weighted by Crippen LogP contribution is 2.68. The van der Waals surface area contributed by atoms with Crippen molar-refractivity contribution in [3.8, 4) is 0 Å². The Balaban J connectivity index is 1.83. The standard InChI is InChI=1S/C11H15FN5O12P3/c12-5(30(20,21)28-32(25,26)29-31(22,23)24)1-4-7(18)8(19)11(27-4)17-3-16-6-9(13)14-2-15-10(6)17/h1-4,7-8,11,18-19H,(H,20,21)(H,25,26)(H2,13,14,15)(H2,22,23,24)/t4-,7-,8-,11-/m1/s1. The summed E-state index contributed by atoms with van der Waals surface area (Å²) in [5.74, 6) is -0.00592. The van der Waals surface area contributed by atoms with Crippen molar-refractivity contribution in [3.63, 3.8) is 0 Å². The number of ether oxygens (including phenoxy) is 1. The molecule has 1 aliphatic heterocycles. The summed E-state index contributed by atoms with van der Waals surface area (Å²) >= 11 is 0. The minimum Gasteiger partial charge on any atom is -0.387 e. The molecular weight excluding hydrogens is 506 g/mol. The molecule has 0 amide bonds. The van der Waals surface area contributed by atoms with E-state index in [9.17, 15) is 33.2 Å². The van der Waals surface area contributed by atoms with Crippen molar-refractivity contribution in [2.24, 2.45) is 0 Å². The minimum absolute atomic E-state index is 0.00592. The Kier molecular flexibility index (Phi) is 6.72. The van der Waals surface area contributed by atoms with Gasteiger partial charge in [0.2, 0.25) is 5.57 Å². The second-order valence-electron chi connectivity index (χ2n) is 6.19. The Bertz CT molecular complexity index is 1200. The smallest absolute Gasteiger partial charge is 0.387 e. The van der Waals surface area contributed by atoms with Crippen LogP contribution in [-0.4, -0.2) is 67.6 Å². The second-order valence-corrected chi connectivity index (χ2v) is 10.9. The van der Waals surface area contributed by atoms with Crippen molar-refractivity contribution in [3.05, 3.63) is 24.3 Å². The van der Waals surface area contributed by atoms with Gasteiger partial charge in [0, 0.05) is 0 Å². The van der Waals surface area contributed by atoms with E-state index < -0.39 is 53.3 Å². The number of nitrogens with two attached hydrogens (primary N) is 1. The van der Waals surface area contributed by atoms with Gasteiger partial charge in [0.25, 0.3) is 0 Å². The first kappa shape index (κ1) is 25.0. The van der Waals surface area contributed by atoms with Crippen LogP contribution in [0.2, 0.25) is 0 Å². The van der Waals surface area contributed by atoms with E-state index in [1.54, 1.807) is 0 Å². The van der Waals surface area contributed by atoms with Crippen molar-refractivity contribution >= 4 is 40.2 Å². The molecule has 2 aromatic rings. The van der Waals surface area contributed by atoms with Crippen molar-refractivity contribution in [2.75, 3.05) is 5.73 Å². The highest BCUT2D eigenvalue weighted by atomic mass is 31.3. The molecule has 3 heterocycles. The van der Waals surface area contributed by atoms with Gasteiger partial charge in [0.05, 0.1) is 6.33 Å². The molecule has 178 valence electrons. The first-order valence-corrected chi connectivity index (χ1v) is 12.7. The number of hydrogen-bond acceptors (Lipinski definition) is 12. The lowest BCUT2D eigenvalue weighted by Gasteiger charge is -2.16. The highest BCUT2D eigenvalue weighted by Gasteiger charge is 2.46. The Hall–Kier alpha value is -1.65. The molecular formula is C11H15FN5O12P3. The maximum Gasteiger partial charge on any atom is 0.488 e. The zero-order valence-corrected chi connectivity index (χ0v) is 17.9. The number of imidazole rings is 1. The van der Waals surface area contributed by atoms with Crippen LogP contribution in [0.15, 0.2) is 24.3 Å². The van der Waals surface area contributed by atoms with E-state index in [-0.39, 0.29) is 23.1 Å². The fourth-order valence-electron chi connectivity index (χ4n) is 2.67. The maximum absolute atomic E-state index is 14.3. The Labute approximate surface area is 176 Å². The molecule has 6 atom stereocenters. The molecule has 2 aromatic heterocycles. The largest absolute Gasteiger partial charge is 0.488 e. The van der Waals surface area contributed by atoms with E-state index in [4.69, 9.17) is 25.2 Å².